The minimum absolute atomic E-state index is 0.180. The molecule has 4 rings (SSSR count). The first kappa shape index (κ1) is 22.8. The lowest BCUT2D eigenvalue weighted by Crippen LogP contribution is -2.53. The van der Waals surface area contributed by atoms with Crippen LogP contribution in [0.2, 0.25) is 0 Å². The summed E-state index contributed by atoms with van der Waals surface area (Å²) in [6, 6.07) is 8.67. The molecule has 0 bridgehead atoms. The van der Waals surface area contributed by atoms with Gasteiger partial charge < -0.3 is 25.5 Å². The van der Waals surface area contributed by atoms with E-state index in [0.717, 1.165) is 42.2 Å². The highest BCUT2D eigenvalue weighted by Gasteiger charge is 2.37. The Morgan fingerprint density at radius 1 is 1.22 bits per heavy atom. The molecule has 0 radical (unpaired) electrons. The third-order valence-corrected chi connectivity index (χ3v) is 6.83. The van der Waals surface area contributed by atoms with Gasteiger partial charge in [-0.1, -0.05) is 50.6 Å². The van der Waals surface area contributed by atoms with Gasteiger partial charge in [-0.3, -0.25) is 4.79 Å². The van der Waals surface area contributed by atoms with Crippen LogP contribution in [0.5, 0.6) is 0 Å². The molecule has 1 saturated heterocycles. The molecule has 0 saturated carbocycles. The Bertz CT molecular complexity index is 884. The first-order chi connectivity index (χ1) is 15.3. The number of aliphatic hydroxyl groups is 1. The number of hydrogen-bond acceptors (Lipinski definition) is 6. The van der Waals surface area contributed by atoms with Crippen LogP contribution in [0.25, 0.3) is 0 Å². The average Bonchev–Trinajstić information content (AvgIpc) is 3.08. The van der Waals surface area contributed by atoms with Gasteiger partial charge in [0.1, 0.15) is 12.5 Å². The maximum absolute atomic E-state index is 13.5. The molecule has 1 amide bonds. The highest BCUT2D eigenvalue weighted by Crippen LogP contribution is 2.34. The number of nitrogens with one attached hydrogen (secondary N) is 2. The second-order valence-corrected chi connectivity index (χ2v) is 9.64. The van der Waals surface area contributed by atoms with Crippen LogP contribution in [0.4, 0.5) is 0 Å². The number of aliphatic imine (C=N–C) groups is 1. The van der Waals surface area contributed by atoms with Gasteiger partial charge in [0.05, 0.1) is 12.0 Å². The molecule has 2 aliphatic heterocycles. The summed E-state index contributed by atoms with van der Waals surface area (Å²) in [6.07, 6.45) is 0.327. The highest BCUT2D eigenvalue weighted by molar-refractivity contribution is 6.00. The topological polar surface area (TPSA) is 80.2 Å². The van der Waals surface area contributed by atoms with Gasteiger partial charge in [0.15, 0.2) is 0 Å². The van der Waals surface area contributed by atoms with Crippen molar-refractivity contribution < 1.29 is 9.90 Å². The van der Waals surface area contributed by atoms with Crippen molar-refractivity contribution in [1.29, 1.82) is 0 Å². The molecule has 1 fully saturated rings. The highest BCUT2D eigenvalue weighted by atomic mass is 16.3. The summed E-state index contributed by atoms with van der Waals surface area (Å²) in [5.41, 5.74) is 4.37. The number of rotatable bonds is 5. The molecule has 1 aliphatic carbocycles. The van der Waals surface area contributed by atoms with Crippen molar-refractivity contribution in [3.63, 3.8) is 0 Å². The molecule has 0 spiro atoms. The van der Waals surface area contributed by atoms with E-state index in [1.54, 1.807) is 0 Å². The number of piperazine rings is 1. The number of carbonyl (C=O) groups excluding carboxylic acids is 1. The minimum Gasteiger partial charge on any atom is -0.387 e. The van der Waals surface area contributed by atoms with E-state index in [-0.39, 0.29) is 11.8 Å². The van der Waals surface area contributed by atoms with Crippen LogP contribution >= 0.6 is 0 Å². The van der Waals surface area contributed by atoms with Gasteiger partial charge in [0.25, 0.3) is 0 Å². The monoisotopic (exact) mass is 439 g/mol. The molecule has 3 N–H and O–H groups in total. The second kappa shape index (κ2) is 9.63. The van der Waals surface area contributed by atoms with Crippen molar-refractivity contribution >= 4 is 11.7 Å². The Morgan fingerprint density at radius 2 is 1.91 bits per heavy atom. The lowest BCUT2D eigenvalue weighted by molar-refractivity contribution is -0.134. The maximum atomic E-state index is 13.5. The first-order valence-corrected chi connectivity index (χ1v) is 11.9. The minimum atomic E-state index is -0.419. The Hall–Kier alpha value is -2.38. The third-order valence-electron chi connectivity index (χ3n) is 6.83. The summed E-state index contributed by atoms with van der Waals surface area (Å²) in [5.74, 6) is 1.31. The van der Waals surface area contributed by atoms with E-state index in [9.17, 15) is 9.90 Å². The van der Waals surface area contributed by atoms with Gasteiger partial charge in [-0.15, -0.1) is 0 Å². The van der Waals surface area contributed by atoms with Crippen LogP contribution in [0.3, 0.4) is 0 Å². The third kappa shape index (κ3) is 4.69. The molecule has 0 aromatic heterocycles. The standard InChI is InChI=1S/C25H37N5O2/c1-16(2)26-14-20(19-7-5-17(3)6-8-19)25(32)30-11-9-29(10-12-30)24-22-18(4)13-21(31)23(22)27-15-28-24/h5-8,16,18,20-21,26-27,31H,9-15H2,1-4H3/t18-,20?,21-/m1/s1. The maximum Gasteiger partial charge on any atom is 0.231 e. The van der Waals surface area contributed by atoms with E-state index in [1.807, 2.05) is 4.90 Å². The van der Waals surface area contributed by atoms with Crippen LogP contribution < -0.4 is 10.6 Å². The van der Waals surface area contributed by atoms with Crippen LogP contribution in [0, 0.1) is 12.8 Å². The van der Waals surface area contributed by atoms with E-state index < -0.39 is 6.10 Å². The molecular weight excluding hydrogens is 402 g/mol. The van der Waals surface area contributed by atoms with Crippen LogP contribution in [0.1, 0.15) is 44.2 Å². The normalized spacial score (nSPS) is 24.4. The summed E-state index contributed by atoms with van der Waals surface area (Å²) >= 11 is 0. The van der Waals surface area contributed by atoms with Gasteiger partial charge in [0.2, 0.25) is 5.91 Å². The van der Waals surface area contributed by atoms with Crippen molar-refractivity contribution in [2.45, 2.75) is 52.2 Å². The van der Waals surface area contributed by atoms with Gasteiger partial charge in [-0.2, -0.15) is 0 Å². The van der Waals surface area contributed by atoms with E-state index in [0.29, 0.717) is 38.3 Å². The molecular formula is C25H37N5O2. The number of amidine groups is 1. The lowest BCUT2D eigenvalue weighted by atomic mass is 9.95. The number of carbonyl (C=O) groups is 1. The number of aliphatic hydroxyl groups excluding tert-OH is 1. The molecule has 2 heterocycles. The number of nitrogens with zero attached hydrogens (tertiary/aromatic N) is 3. The average molecular weight is 440 g/mol. The Kier molecular flexibility index (Phi) is 6.86. The van der Waals surface area contributed by atoms with Crippen molar-refractivity contribution in [3.05, 3.63) is 46.7 Å². The van der Waals surface area contributed by atoms with Crippen molar-refractivity contribution in [1.82, 2.24) is 20.4 Å². The number of hydrogen-bond donors (Lipinski definition) is 3. The number of aryl methyl sites for hydroxylation is 1. The molecule has 1 aromatic rings. The zero-order chi connectivity index (χ0) is 22.8. The number of amides is 1. The summed E-state index contributed by atoms with van der Waals surface area (Å²) in [4.78, 5) is 22.6. The predicted octanol–water partition coefficient (Wildman–Crippen LogP) is 1.83. The summed E-state index contributed by atoms with van der Waals surface area (Å²) in [5, 5.41) is 17.1. The van der Waals surface area contributed by atoms with Crippen molar-refractivity contribution in [2.75, 3.05) is 39.4 Å². The van der Waals surface area contributed by atoms with Gasteiger partial charge in [-0.25, -0.2) is 4.99 Å². The Balaban J connectivity index is 1.44. The molecule has 3 atom stereocenters. The van der Waals surface area contributed by atoms with Crippen LogP contribution in [-0.2, 0) is 4.79 Å². The summed E-state index contributed by atoms with van der Waals surface area (Å²) in [6.45, 7) is 12.5. The summed E-state index contributed by atoms with van der Waals surface area (Å²) < 4.78 is 0. The fourth-order valence-corrected chi connectivity index (χ4v) is 4.98. The van der Waals surface area contributed by atoms with Gasteiger partial charge >= 0.3 is 0 Å². The molecule has 7 nitrogen and oxygen atoms in total. The largest absolute Gasteiger partial charge is 0.387 e. The molecule has 32 heavy (non-hydrogen) atoms. The molecule has 7 heteroatoms. The van der Waals surface area contributed by atoms with Crippen LogP contribution in [-0.4, -0.2) is 78.2 Å². The van der Waals surface area contributed by atoms with Crippen molar-refractivity contribution in [2.24, 2.45) is 10.9 Å². The fraction of sp³-hybridized carbons (Fsp3) is 0.600. The zero-order valence-electron chi connectivity index (χ0n) is 19.8. The molecule has 3 aliphatic rings. The van der Waals surface area contributed by atoms with Gasteiger partial charge in [-0.05, 0) is 24.8 Å². The lowest BCUT2D eigenvalue weighted by Gasteiger charge is -2.39. The van der Waals surface area contributed by atoms with E-state index >= 15 is 0 Å². The van der Waals surface area contributed by atoms with E-state index in [1.165, 1.54) is 5.56 Å². The SMILES string of the molecule is Cc1ccc(C(CNC(C)C)C(=O)N2CCN(C3=NCNC4=C3[C@H](C)C[C@H]4O)CC2)cc1. The smallest absolute Gasteiger partial charge is 0.231 e. The van der Waals surface area contributed by atoms with Crippen molar-refractivity contribution in [3.8, 4) is 0 Å². The molecule has 1 aromatic carbocycles. The van der Waals surface area contributed by atoms with E-state index in [4.69, 9.17) is 4.99 Å². The zero-order valence-corrected chi connectivity index (χ0v) is 19.8. The Labute approximate surface area is 191 Å². The number of benzene rings is 1. The van der Waals surface area contributed by atoms with Crippen LogP contribution in [0.15, 0.2) is 40.5 Å². The Morgan fingerprint density at radius 3 is 2.56 bits per heavy atom. The molecule has 1 unspecified atom stereocenters. The summed E-state index contributed by atoms with van der Waals surface area (Å²) in [7, 11) is 0. The van der Waals surface area contributed by atoms with E-state index in [2.05, 4.69) is 67.5 Å². The fourth-order valence-electron chi connectivity index (χ4n) is 4.98. The molecule has 174 valence electrons. The van der Waals surface area contributed by atoms with Gasteiger partial charge in [0, 0.05) is 50.0 Å². The predicted molar refractivity (Wildman–Crippen MR) is 127 cm³/mol. The second-order valence-electron chi connectivity index (χ2n) is 9.64. The first-order valence-electron chi connectivity index (χ1n) is 11.9. The quantitative estimate of drug-likeness (QED) is 0.652.